The Hall–Kier alpha value is -0.770. The maximum atomic E-state index is 11.6. The van der Waals surface area contributed by atoms with Crippen LogP contribution in [0.2, 0.25) is 0 Å². The van der Waals surface area contributed by atoms with Crippen LogP contribution in [0, 0.1) is 0 Å². The number of amides is 1. The number of rotatable bonds is 4. The summed E-state index contributed by atoms with van der Waals surface area (Å²) in [5.41, 5.74) is 0. The molecule has 1 aliphatic rings. The summed E-state index contributed by atoms with van der Waals surface area (Å²) in [5.74, 6) is 0. The molecule has 1 fully saturated rings. The SMILES string of the molecule is CC(C)NC(=O)ON(C(C)C)C1CCCC1. The van der Waals surface area contributed by atoms with Gasteiger partial charge in [0.15, 0.2) is 0 Å². The molecule has 16 heavy (non-hydrogen) atoms. The third-order valence-electron chi connectivity index (χ3n) is 2.79. The van der Waals surface area contributed by atoms with E-state index in [-0.39, 0.29) is 18.2 Å². The molecule has 0 aromatic heterocycles. The highest BCUT2D eigenvalue weighted by atomic mass is 16.7. The molecule has 0 unspecified atom stereocenters. The van der Waals surface area contributed by atoms with Crippen molar-refractivity contribution in [2.75, 3.05) is 0 Å². The number of carbonyl (C=O) groups excluding carboxylic acids is 1. The van der Waals surface area contributed by atoms with Gasteiger partial charge in [-0.3, -0.25) is 0 Å². The highest BCUT2D eigenvalue weighted by Crippen LogP contribution is 2.25. The van der Waals surface area contributed by atoms with E-state index >= 15 is 0 Å². The summed E-state index contributed by atoms with van der Waals surface area (Å²) >= 11 is 0. The van der Waals surface area contributed by atoms with Gasteiger partial charge in [0.1, 0.15) is 0 Å². The van der Waals surface area contributed by atoms with E-state index in [1.54, 1.807) is 0 Å². The van der Waals surface area contributed by atoms with E-state index in [2.05, 4.69) is 19.2 Å². The normalized spacial score (nSPS) is 17.4. The van der Waals surface area contributed by atoms with Crippen molar-refractivity contribution in [1.82, 2.24) is 10.4 Å². The minimum absolute atomic E-state index is 0.116. The molecular formula is C12H24N2O2. The van der Waals surface area contributed by atoms with Gasteiger partial charge in [0, 0.05) is 18.1 Å². The fraction of sp³-hybridized carbons (Fsp3) is 0.917. The van der Waals surface area contributed by atoms with E-state index in [0.29, 0.717) is 6.04 Å². The van der Waals surface area contributed by atoms with E-state index in [0.717, 1.165) is 12.8 Å². The van der Waals surface area contributed by atoms with Gasteiger partial charge in [-0.15, -0.1) is 5.06 Å². The molecule has 0 heterocycles. The molecule has 1 saturated carbocycles. The zero-order chi connectivity index (χ0) is 12.1. The largest absolute Gasteiger partial charge is 0.426 e. The summed E-state index contributed by atoms with van der Waals surface area (Å²) < 4.78 is 0. The van der Waals surface area contributed by atoms with Crippen LogP contribution in [0.3, 0.4) is 0 Å². The molecule has 0 aromatic carbocycles. The molecular weight excluding hydrogens is 204 g/mol. The molecule has 94 valence electrons. The molecule has 0 saturated heterocycles. The lowest BCUT2D eigenvalue weighted by Crippen LogP contribution is -2.44. The number of hydroxylamine groups is 2. The summed E-state index contributed by atoms with van der Waals surface area (Å²) in [4.78, 5) is 16.9. The lowest BCUT2D eigenvalue weighted by Gasteiger charge is -2.30. The summed E-state index contributed by atoms with van der Waals surface area (Å²) in [7, 11) is 0. The number of carbonyl (C=O) groups is 1. The Bertz CT molecular complexity index is 223. The molecule has 1 rings (SSSR count). The Balaban J connectivity index is 2.47. The summed E-state index contributed by atoms with van der Waals surface area (Å²) in [6.07, 6.45) is 4.41. The molecule has 0 radical (unpaired) electrons. The lowest BCUT2D eigenvalue weighted by molar-refractivity contribution is -0.152. The van der Waals surface area contributed by atoms with Gasteiger partial charge < -0.3 is 10.2 Å². The average molecular weight is 228 g/mol. The average Bonchev–Trinajstić information content (AvgIpc) is 2.64. The Morgan fingerprint density at radius 3 is 2.25 bits per heavy atom. The van der Waals surface area contributed by atoms with Gasteiger partial charge in [0.05, 0.1) is 0 Å². The topological polar surface area (TPSA) is 41.6 Å². The smallest absolute Gasteiger partial charge is 0.350 e. The van der Waals surface area contributed by atoms with Crippen molar-refractivity contribution in [2.24, 2.45) is 0 Å². The van der Waals surface area contributed by atoms with E-state index in [1.807, 2.05) is 18.9 Å². The summed E-state index contributed by atoms with van der Waals surface area (Å²) in [6.45, 7) is 7.97. The third-order valence-corrected chi connectivity index (χ3v) is 2.79. The van der Waals surface area contributed by atoms with Crippen LogP contribution in [-0.2, 0) is 4.84 Å². The highest BCUT2D eigenvalue weighted by molar-refractivity contribution is 5.67. The second-order valence-electron chi connectivity index (χ2n) is 5.07. The van der Waals surface area contributed by atoms with E-state index in [4.69, 9.17) is 4.84 Å². The van der Waals surface area contributed by atoms with E-state index < -0.39 is 0 Å². The molecule has 1 aliphatic carbocycles. The number of nitrogens with zero attached hydrogens (tertiary/aromatic N) is 1. The van der Waals surface area contributed by atoms with E-state index in [9.17, 15) is 4.79 Å². The standard InChI is InChI=1S/C12H24N2O2/c1-9(2)13-12(15)16-14(10(3)4)11-7-5-6-8-11/h9-11H,5-8H2,1-4H3,(H,13,15). The molecule has 0 atom stereocenters. The second-order valence-corrected chi connectivity index (χ2v) is 5.07. The Morgan fingerprint density at radius 2 is 1.81 bits per heavy atom. The minimum Gasteiger partial charge on any atom is -0.350 e. The van der Waals surface area contributed by atoms with Crippen molar-refractivity contribution in [3.63, 3.8) is 0 Å². The van der Waals surface area contributed by atoms with Crippen LogP contribution >= 0.6 is 0 Å². The maximum Gasteiger partial charge on any atom is 0.426 e. The van der Waals surface area contributed by atoms with Crippen LogP contribution in [0.25, 0.3) is 0 Å². The molecule has 0 spiro atoms. The zero-order valence-corrected chi connectivity index (χ0v) is 10.8. The van der Waals surface area contributed by atoms with Crippen molar-refractivity contribution in [2.45, 2.75) is 71.5 Å². The first kappa shape index (κ1) is 13.3. The molecule has 1 amide bonds. The van der Waals surface area contributed by atoms with Crippen molar-refractivity contribution in [3.05, 3.63) is 0 Å². The Morgan fingerprint density at radius 1 is 1.25 bits per heavy atom. The monoisotopic (exact) mass is 228 g/mol. The van der Waals surface area contributed by atoms with Gasteiger partial charge in [0.2, 0.25) is 0 Å². The molecule has 1 N–H and O–H groups in total. The molecule has 0 aromatic rings. The fourth-order valence-corrected chi connectivity index (χ4v) is 2.12. The van der Waals surface area contributed by atoms with Crippen molar-refractivity contribution in [1.29, 1.82) is 0 Å². The number of nitrogens with one attached hydrogen (secondary N) is 1. The van der Waals surface area contributed by atoms with Crippen molar-refractivity contribution in [3.8, 4) is 0 Å². The van der Waals surface area contributed by atoms with Crippen LogP contribution in [0.1, 0.15) is 53.4 Å². The molecule has 4 heteroatoms. The Kier molecular flexibility index (Phi) is 5.06. The quantitative estimate of drug-likeness (QED) is 0.752. The second kappa shape index (κ2) is 6.09. The van der Waals surface area contributed by atoms with Gasteiger partial charge in [-0.05, 0) is 40.5 Å². The van der Waals surface area contributed by atoms with Crippen LogP contribution in [0.5, 0.6) is 0 Å². The van der Waals surface area contributed by atoms with Crippen LogP contribution < -0.4 is 5.32 Å². The van der Waals surface area contributed by atoms with Crippen molar-refractivity contribution >= 4 is 6.09 Å². The van der Waals surface area contributed by atoms with Crippen LogP contribution in [0.15, 0.2) is 0 Å². The predicted octanol–water partition coefficient (Wildman–Crippen LogP) is 2.69. The summed E-state index contributed by atoms with van der Waals surface area (Å²) in [5, 5.41) is 4.60. The van der Waals surface area contributed by atoms with Gasteiger partial charge in [-0.2, -0.15) is 0 Å². The van der Waals surface area contributed by atoms with Gasteiger partial charge in [-0.1, -0.05) is 12.8 Å². The predicted molar refractivity (Wildman–Crippen MR) is 64.0 cm³/mol. The molecule has 0 aliphatic heterocycles. The third kappa shape index (κ3) is 4.00. The van der Waals surface area contributed by atoms with Crippen LogP contribution in [0.4, 0.5) is 4.79 Å². The Labute approximate surface area is 98.3 Å². The van der Waals surface area contributed by atoms with Gasteiger partial charge in [0.25, 0.3) is 0 Å². The van der Waals surface area contributed by atoms with Crippen LogP contribution in [-0.4, -0.2) is 29.3 Å². The molecule has 0 bridgehead atoms. The first-order valence-corrected chi connectivity index (χ1v) is 6.27. The number of hydrogen-bond donors (Lipinski definition) is 1. The minimum atomic E-state index is -0.337. The fourth-order valence-electron chi connectivity index (χ4n) is 2.12. The van der Waals surface area contributed by atoms with Gasteiger partial charge in [-0.25, -0.2) is 4.79 Å². The van der Waals surface area contributed by atoms with Crippen molar-refractivity contribution < 1.29 is 9.63 Å². The molecule has 4 nitrogen and oxygen atoms in total. The number of hydrogen-bond acceptors (Lipinski definition) is 3. The first-order chi connectivity index (χ1) is 7.50. The zero-order valence-electron chi connectivity index (χ0n) is 10.8. The maximum absolute atomic E-state index is 11.6. The first-order valence-electron chi connectivity index (χ1n) is 6.27. The summed E-state index contributed by atoms with van der Waals surface area (Å²) in [6, 6.07) is 0.754. The highest BCUT2D eigenvalue weighted by Gasteiger charge is 2.28. The lowest BCUT2D eigenvalue weighted by atomic mass is 10.2. The van der Waals surface area contributed by atoms with Gasteiger partial charge >= 0.3 is 6.09 Å². The van der Waals surface area contributed by atoms with E-state index in [1.165, 1.54) is 12.8 Å².